The van der Waals surface area contributed by atoms with Gasteiger partial charge >= 0.3 is 0 Å². The lowest BCUT2D eigenvalue weighted by molar-refractivity contribution is 0.200. The number of oxime groups is 1. The van der Waals surface area contributed by atoms with E-state index in [2.05, 4.69) is 10.5 Å². The third-order valence-corrected chi connectivity index (χ3v) is 2.72. The van der Waals surface area contributed by atoms with Crippen molar-refractivity contribution in [3.63, 3.8) is 0 Å². The van der Waals surface area contributed by atoms with E-state index in [0.29, 0.717) is 6.42 Å². The summed E-state index contributed by atoms with van der Waals surface area (Å²) in [6.07, 6.45) is 1.42. The highest BCUT2D eigenvalue weighted by Gasteiger charge is 2.16. The fourth-order valence-corrected chi connectivity index (χ4v) is 1.31. The zero-order valence-electron chi connectivity index (χ0n) is 9.77. The monoisotopic (exact) mass is 217 g/mol. The summed E-state index contributed by atoms with van der Waals surface area (Å²) in [7, 11) is 0. The van der Waals surface area contributed by atoms with E-state index in [1.165, 1.54) is 0 Å². The van der Waals surface area contributed by atoms with Crippen molar-refractivity contribution in [1.29, 1.82) is 0 Å². The van der Waals surface area contributed by atoms with Crippen LogP contribution in [0.3, 0.4) is 0 Å². The molecule has 0 radical (unpaired) electrons. The summed E-state index contributed by atoms with van der Waals surface area (Å²) >= 11 is 0. The van der Waals surface area contributed by atoms with Crippen LogP contribution in [0.15, 0.2) is 5.16 Å². The van der Waals surface area contributed by atoms with Crippen LogP contribution in [-0.2, 0) is 0 Å². The molecule has 0 heterocycles. The van der Waals surface area contributed by atoms with E-state index >= 15 is 0 Å². The second kappa shape index (κ2) is 7.48. The molecule has 0 aliphatic heterocycles. The Hall–Kier alpha value is -0.810. The average molecular weight is 217 g/mol. The number of rotatable bonds is 7. The summed E-state index contributed by atoms with van der Waals surface area (Å²) < 4.78 is 0. The molecular weight excluding hydrogens is 194 g/mol. The summed E-state index contributed by atoms with van der Waals surface area (Å²) in [5.41, 5.74) is 5.44. The van der Waals surface area contributed by atoms with Gasteiger partial charge in [0.1, 0.15) is 5.84 Å². The summed E-state index contributed by atoms with van der Waals surface area (Å²) in [4.78, 5) is 0. The second-order valence-corrected chi connectivity index (χ2v) is 4.02. The van der Waals surface area contributed by atoms with Crippen molar-refractivity contribution in [2.24, 2.45) is 16.8 Å². The number of aliphatic hydroxyl groups excluding tert-OH is 1. The minimum atomic E-state index is 0.161. The largest absolute Gasteiger partial charge is 0.409 e. The van der Waals surface area contributed by atoms with E-state index in [4.69, 9.17) is 16.0 Å². The van der Waals surface area contributed by atoms with E-state index in [0.717, 1.165) is 6.42 Å². The summed E-state index contributed by atoms with van der Waals surface area (Å²) in [6, 6.07) is 0.399. The first-order chi connectivity index (χ1) is 7.04. The molecule has 0 amide bonds. The Morgan fingerprint density at radius 3 is 2.47 bits per heavy atom. The van der Waals surface area contributed by atoms with E-state index < -0.39 is 0 Å². The van der Waals surface area contributed by atoms with Gasteiger partial charge in [0.05, 0.1) is 0 Å². The van der Waals surface area contributed by atoms with Gasteiger partial charge in [0, 0.05) is 25.1 Å². The van der Waals surface area contributed by atoms with Crippen molar-refractivity contribution in [2.75, 3.05) is 6.61 Å². The smallest absolute Gasteiger partial charge is 0.140 e. The highest BCUT2D eigenvalue weighted by Crippen LogP contribution is 2.06. The van der Waals surface area contributed by atoms with Crippen molar-refractivity contribution < 1.29 is 10.3 Å². The molecule has 0 saturated heterocycles. The molecular formula is C10H23N3O2. The number of nitrogens with two attached hydrogens (primary N) is 1. The van der Waals surface area contributed by atoms with E-state index in [1.54, 1.807) is 0 Å². The predicted octanol–water partition coefficient (Wildman–Crippen LogP) is 0.508. The average Bonchev–Trinajstić information content (AvgIpc) is 2.26. The molecule has 0 aliphatic rings. The number of hydrogen-bond acceptors (Lipinski definition) is 4. The van der Waals surface area contributed by atoms with Crippen LogP contribution in [-0.4, -0.2) is 34.8 Å². The maximum atomic E-state index is 8.99. The summed E-state index contributed by atoms with van der Waals surface area (Å²) in [6.45, 7) is 6.20. The van der Waals surface area contributed by atoms with E-state index in [1.807, 2.05) is 20.8 Å². The first-order valence-corrected chi connectivity index (χ1v) is 5.38. The lowest BCUT2D eigenvalue weighted by Gasteiger charge is -2.25. The maximum absolute atomic E-state index is 8.99. The second-order valence-electron chi connectivity index (χ2n) is 4.02. The van der Waals surface area contributed by atoms with E-state index in [9.17, 15) is 0 Å². The molecule has 90 valence electrons. The van der Waals surface area contributed by atoms with Crippen LogP contribution in [0.4, 0.5) is 0 Å². The molecule has 0 fully saturated rings. The molecule has 0 aromatic carbocycles. The van der Waals surface area contributed by atoms with Crippen LogP contribution in [0.1, 0.15) is 33.6 Å². The molecule has 3 unspecified atom stereocenters. The number of nitrogens with one attached hydrogen (secondary N) is 1. The fraction of sp³-hybridized carbons (Fsp3) is 0.900. The quantitative estimate of drug-likeness (QED) is 0.216. The topological polar surface area (TPSA) is 90.9 Å². The summed E-state index contributed by atoms with van der Waals surface area (Å²) in [5.74, 6) is 0.435. The number of aliphatic hydroxyl groups is 1. The minimum absolute atomic E-state index is 0.161. The van der Waals surface area contributed by atoms with Crippen molar-refractivity contribution in [1.82, 2.24) is 5.32 Å². The first kappa shape index (κ1) is 14.2. The highest BCUT2D eigenvalue weighted by atomic mass is 16.4. The Balaban J connectivity index is 4.09. The molecule has 0 aromatic heterocycles. The minimum Gasteiger partial charge on any atom is -0.409 e. The van der Waals surface area contributed by atoms with Gasteiger partial charge in [-0.05, 0) is 19.3 Å². The molecule has 5 nitrogen and oxygen atoms in total. The van der Waals surface area contributed by atoms with Crippen LogP contribution >= 0.6 is 0 Å². The van der Waals surface area contributed by atoms with Gasteiger partial charge in [-0.15, -0.1) is 0 Å². The third kappa shape index (κ3) is 5.59. The Morgan fingerprint density at radius 2 is 2.07 bits per heavy atom. The molecule has 15 heavy (non-hydrogen) atoms. The lowest BCUT2D eigenvalue weighted by atomic mass is 10.0. The van der Waals surface area contributed by atoms with Gasteiger partial charge in [0.2, 0.25) is 0 Å². The SMILES string of the molecule is CCC(CC(N)=NO)NC(C)C(C)CO. The predicted molar refractivity (Wildman–Crippen MR) is 61.0 cm³/mol. The Bertz CT molecular complexity index is 197. The molecule has 0 spiro atoms. The van der Waals surface area contributed by atoms with Crippen LogP contribution < -0.4 is 11.1 Å². The molecule has 5 N–H and O–H groups in total. The molecule has 0 saturated carbocycles. The van der Waals surface area contributed by atoms with Gasteiger partial charge in [-0.2, -0.15) is 0 Å². The Labute approximate surface area is 91.4 Å². The zero-order chi connectivity index (χ0) is 11.8. The standard InChI is InChI=1S/C10H23N3O2/c1-4-9(5-10(11)13-15)12-8(3)7(2)6-14/h7-9,12,14-15H,4-6H2,1-3H3,(H2,11,13). The molecule has 0 aliphatic carbocycles. The van der Waals surface area contributed by atoms with Gasteiger partial charge in [0.25, 0.3) is 0 Å². The highest BCUT2D eigenvalue weighted by molar-refractivity contribution is 5.80. The van der Waals surface area contributed by atoms with Crippen LogP contribution in [0.5, 0.6) is 0 Å². The van der Waals surface area contributed by atoms with Gasteiger partial charge in [-0.1, -0.05) is 19.0 Å². The molecule has 3 atom stereocenters. The van der Waals surface area contributed by atoms with Crippen molar-refractivity contribution in [3.05, 3.63) is 0 Å². The van der Waals surface area contributed by atoms with Crippen molar-refractivity contribution >= 4 is 5.84 Å². The number of hydrogen-bond donors (Lipinski definition) is 4. The third-order valence-electron chi connectivity index (χ3n) is 2.72. The van der Waals surface area contributed by atoms with Crippen molar-refractivity contribution in [2.45, 2.75) is 45.7 Å². The normalized spacial score (nSPS) is 18.5. The Morgan fingerprint density at radius 1 is 1.47 bits per heavy atom. The van der Waals surface area contributed by atoms with Gasteiger partial charge in [-0.3, -0.25) is 0 Å². The fourth-order valence-electron chi connectivity index (χ4n) is 1.31. The van der Waals surface area contributed by atoms with E-state index in [-0.39, 0.29) is 30.4 Å². The lowest BCUT2D eigenvalue weighted by Crippen LogP contribution is -2.42. The Kier molecular flexibility index (Phi) is 7.07. The van der Waals surface area contributed by atoms with Gasteiger partial charge < -0.3 is 21.4 Å². The van der Waals surface area contributed by atoms with Crippen LogP contribution in [0.25, 0.3) is 0 Å². The zero-order valence-corrected chi connectivity index (χ0v) is 9.77. The van der Waals surface area contributed by atoms with Crippen molar-refractivity contribution in [3.8, 4) is 0 Å². The van der Waals surface area contributed by atoms with Gasteiger partial charge in [0.15, 0.2) is 0 Å². The van der Waals surface area contributed by atoms with Gasteiger partial charge in [-0.25, -0.2) is 0 Å². The number of nitrogens with zero attached hydrogens (tertiary/aromatic N) is 1. The molecule has 5 heteroatoms. The maximum Gasteiger partial charge on any atom is 0.140 e. The first-order valence-electron chi connectivity index (χ1n) is 5.38. The number of amidine groups is 1. The molecule has 0 bridgehead atoms. The molecule has 0 aromatic rings. The molecule has 0 rings (SSSR count). The van der Waals surface area contributed by atoms with Crippen LogP contribution in [0, 0.1) is 5.92 Å². The van der Waals surface area contributed by atoms with Crippen LogP contribution in [0.2, 0.25) is 0 Å². The summed E-state index contributed by atoms with van der Waals surface area (Å²) in [5, 5.41) is 23.8.